The molecule has 1 N–H and O–H groups in total. The number of carbonyl (C=O) groups is 2. The minimum Gasteiger partial charge on any atom is -0.466 e. The van der Waals surface area contributed by atoms with Gasteiger partial charge >= 0.3 is 11.9 Å². The van der Waals surface area contributed by atoms with E-state index < -0.39 is 33.7 Å². The number of hydrogen-bond donors (Lipinski definition) is 1. The molecule has 0 radical (unpaired) electrons. The first-order chi connectivity index (χ1) is 11.8. The SMILES string of the molecule is C=CCCOC(=O)C(CC(=O)OCCCCCCCCC)S(=O)(=O)O. The second-order valence-corrected chi connectivity index (χ2v) is 7.39. The van der Waals surface area contributed by atoms with Crippen molar-refractivity contribution in [1.29, 1.82) is 0 Å². The van der Waals surface area contributed by atoms with Crippen LogP contribution in [0.5, 0.6) is 0 Å². The molecule has 0 rings (SSSR count). The van der Waals surface area contributed by atoms with Gasteiger partial charge in [0.2, 0.25) is 0 Å². The molecule has 1 atom stereocenters. The molecule has 1 unspecified atom stereocenters. The third-order valence-corrected chi connectivity index (χ3v) is 4.63. The van der Waals surface area contributed by atoms with Gasteiger partial charge in [-0.05, 0) is 12.8 Å². The van der Waals surface area contributed by atoms with Gasteiger partial charge in [-0.15, -0.1) is 6.58 Å². The highest BCUT2D eigenvalue weighted by Gasteiger charge is 2.35. The zero-order chi connectivity index (χ0) is 19.1. The Morgan fingerprint density at radius 1 is 1.04 bits per heavy atom. The van der Waals surface area contributed by atoms with Crippen LogP contribution in [0.15, 0.2) is 12.7 Å². The van der Waals surface area contributed by atoms with Crippen LogP contribution in [-0.4, -0.2) is 43.4 Å². The summed E-state index contributed by atoms with van der Waals surface area (Å²) in [6.07, 6.45) is 8.46. The van der Waals surface area contributed by atoms with Crippen molar-refractivity contribution in [3.05, 3.63) is 12.7 Å². The lowest BCUT2D eigenvalue weighted by Gasteiger charge is -2.12. The second kappa shape index (κ2) is 13.8. The average molecular weight is 378 g/mol. The minimum absolute atomic E-state index is 0.0680. The maximum atomic E-state index is 11.7. The molecule has 25 heavy (non-hydrogen) atoms. The van der Waals surface area contributed by atoms with E-state index in [-0.39, 0.29) is 13.2 Å². The molecule has 0 aliphatic rings. The molecule has 0 aromatic carbocycles. The van der Waals surface area contributed by atoms with Crippen molar-refractivity contribution >= 4 is 22.1 Å². The Balaban J connectivity index is 4.14. The highest BCUT2D eigenvalue weighted by molar-refractivity contribution is 7.87. The summed E-state index contributed by atoms with van der Waals surface area (Å²) in [5.74, 6) is -2.02. The lowest BCUT2D eigenvalue weighted by molar-refractivity contribution is -0.150. The van der Waals surface area contributed by atoms with Gasteiger partial charge in [0.15, 0.2) is 5.25 Å². The van der Waals surface area contributed by atoms with Gasteiger partial charge in [-0.1, -0.05) is 51.5 Å². The van der Waals surface area contributed by atoms with Gasteiger partial charge < -0.3 is 9.47 Å². The van der Waals surface area contributed by atoms with Crippen molar-refractivity contribution in [3.8, 4) is 0 Å². The van der Waals surface area contributed by atoms with E-state index in [1.165, 1.54) is 25.3 Å². The summed E-state index contributed by atoms with van der Waals surface area (Å²) in [5.41, 5.74) is 0. The van der Waals surface area contributed by atoms with Crippen LogP contribution in [-0.2, 0) is 29.2 Å². The molecule has 0 aromatic rings. The van der Waals surface area contributed by atoms with Crippen LogP contribution in [0, 0.1) is 0 Å². The molecule has 0 aliphatic carbocycles. The van der Waals surface area contributed by atoms with Gasteiger partial charge in [0.05, 0.1) is 19.6 Å². The first-order valence-corrected chi connectivity index (χ1v) is 10.2. The molecule has 0 saturated heterocycles. The molecule has 7 nitrogen and oxygen atoms in total. The first kappa shape index (κ1) is 23.6. The number of rotatable bonds is 15. The molecular weight excluding hydrogens is 348 g/mol. The molecule has 0 heterocycles. The fourth-order valence-electron chi connectivity index (χ4n) is 2.10. The minimum atomic E-state index is -4.75. The Hall–Kier alpha value is -1.41. The Morgan fingerprint density at radius 2 is 1.64 bits per heavy atom. The molecule has 0 aromatic heterocycles. The van der Waals surface area contributed by atoms with E-state index in [1.807, 2.05) is 0 Å². The van der Waals surface area contributed by atoms with E-state index in [0.29, 0.717) is 12.8 Å². The van der Waals surface area contributed by atoms with Crippen LogP contribution in [0.3, 0.4) is 0 Å². The normalized spacial score (nSPS) is 12.4. The summed E-state index contributed by atoms with van der Waals surface area (Å²) in [4.78, 5) is 23.4. The van der Waals surface area contributed by atoms with Crippen molar-refractivity contribution in [2.75, 3.05) is 13.2 Å². The number of ether oxygens (including phenoxy) is 2. The Labute approximate surface area is 150 Å². The molecule has 0 bridgehead atoms. The molecule has 0 saturated carbocycles. The maximum absolute atomic E-state index is 11.7. The Kier molecular flexibility index (Phi) is 13.1. The summed E-state index contributed by atoms with van der Waals surface area (Å²) in [6, 6.07) is 0. The Morgan fingerprint density at radius 3 is 2.20 bits per heavy atom. The number of esters is 2. The van der Waals surface area contributed by atoms with Crippen LogP contribution in [0.25, 0.3) is 0 Å². The first-order valence-electron chi connectivity index (χ1n) is 8.72. The standard InChI is InChI=1S/C17H30O7S/c1-3-5-7-8-9-10-11-13-23-16(18)14-15(25(20,21)22)17(19)24-12-6-4-2/h4,15H,2-3,5-14H2,1H3,(H,20,21,22). The van der Waals surface area contributed by atoms with E-state index in [0.717, 1.165) is 19.3 Å². The molecule has 146 valence electrons. The van der Waals surface area contributed by atoms with Gasteiger partial charge in [-0.25, -0.2) is 0 Å². The molecule has 0 amide bonds. The van der Waals surface area contributed by atoms with Crippen LogP contribution in [0.1, 0.15) is 64.7 Å². The fourth-order valence-corrected chi connectivity index (χ4v) is 2.76. The number of unbranched alkanes of at least 4 members (excludes halogenated alkanes) is 6. The summed E-state index contributed by atoms with van der Waals surface area (Å²) in [5, 5.41) is -1.96. The van der Waals surface area contributed by atoms with E-state index in [1.54, 1.807) is 0 Å². The number of hydrogen-bond acceptors (Lipinski definition) is 6. The smallest absolute Gasteiger partial charge is 0.327 e. The predicted octanol–water partition coefficient (Wildman–Crippen LogP) is 3.05. The maximum Gasteiger partial charge on any atom is 0.327 e. The summed E-state index contributed by atoms with van der Waals surface area (Å²) < 4.78 is 41.3. The van der Waals surface area contributed by atoms with Crippen LogP contribution >= 0.6 is 0 Å². The van der Waals surface area contributed by atoms with E-state index in [4.69, 9.17) is 14.0 Å². The summed E-state index contributed by atoms with van der Waals surface area (Å²) in [7, 11) is -4.75. The van der Waals surface area contributed by atoms with Gasteiger partial charge in [0, 0.05) is 0 Å². The van der Waals surface area contributed by atoms with Crippen molar-refractivity contribution in [2.24, 2.45) is 0 Å². The van der Waals surface area contributed by atoms with E-state index in [9.17, 15) is 18.0 Å². The van der Waals surface area contributed by atoms with Crippen LogP contribution < -0.4 is 0 Å². The predicted molar refractivity (Wildman–Crippen MR) is 94.7 cm³/mol. The lowest BCUT2D eigenvalue weighted by Crippen LogP contribution is -2.34. The zero-order valence-corrected chi connectivity index (χ0v) is 15.8. The highest BCUT2D eigenvalue weighted by atomic mass is 32.2. The monoisotopic (exact) mass is 378 g/mol. The van der Waals surface area contributed by atoms with Crippen molar-refractivity contribution < 1.29 is 32.0 Å². The van der Waals surface area contributed by atoms with Gasteiger partial charge in [0.1, 0.15) is 0 Å². The largest absolute Gasteiger partial charge is 0.466 e. The second-order valence-electron chi connectivity index (χ2n) is 5.79. The quantitative estimate of drug-likeness (QED) is 0.202. The fraction of sp³-hybridized carbons (Fsp3) is 0.765. The van der Waals surface area contributed by atoms with Gasteiger partial charge in [0.25, 0.3) is 10.1 Å². The van der Waals surface area contributed by atoms with Gasteiger partial charge in [-0.2, -0.15) is 8.42 Å². The van der Waals surface area contributed by atoms with Crippen molar-refractivity contribution in [1.82, 2.24) is 0 Å². The third-order valence-electron chi connectivity index (χ3n) is 3.55. The molecule has 0 spiro atoms. The molecule has 0 fully saturated rings. The van der Waals surface area contributed by atoms with Gasteiger partial charge in [-0.3, -0.25) is 14.1 Å². The molecule has 8 heteroatoms. The average Bonchev–Trinajstić information content (AvgIpc) is 2.54. The summed E-state index contributed by atoms with van der Waals surface area (Å²) >= 11 is 0. The third kappa shape index (κ3) is 12.6. The zero-order valence-electron chi connectivity index (χ0n) is 14.9. The van der Waals surface area contributed by atoms with E-state index in [2.05, 4.69) is 13.5 Å². The lowest BCUT2D eigenvalue weighted by atomic mass is 10.1. The highest BCUT2D eigenvalue weighted by Crippen LogP contribution is 2.10. The molecular formula is C17H30O7S. The summed E-state index contributed by atoms with van der Waals surface area (Å²) in [6.45, 7) is 5.68. The van der Waals surface area contributed by atoms with Crippen LogP contribution in [0.4, 0.5) is 0 Å². The Bertz CT molecular complexity index is 499. The van der Waals surface area contributed by atoms with Crippen LogP contribution in [0.2, 0.25) is 0 Å². The van der Waals surface area contributed by atoms with Crippen molar-refractivity contribution in [3.63, 3.8) is 0 Å². The molecule has 0 aliphatic heterocycles. The van der Waals surface area contributed by atoms with E-state index >= 15 is 0 Å². The number of carbonyl (C=O) groups excluding carboxylic acids is 2. The van der Waals surface area contributed by atoms with Crippen molar-refractivity contribution in [2.45, 2.75) is 70.0 Å². The topological polar surface area (TPSA) is 107 Å².